The maximum Gasteiger partial charge on any atom is 0.487 e. The number of anilines is 3. The van der Waals surface area contributed by atoms with Crippen molar-refractivity contribution in [1.29, 1.82) is 0 Å². The Balaban J connectivity index is 1.28. The van der Waals surface area contributed by atoms with Crippen LogP contribution in [0.2, 0.25) is 5.02 Å². The van der Waals surface area contributed by atoms with Crippen LogP contribution >= 0.6 is 11.6 Å². The fraction of sp³-hybridized carbons (Fsp3) is 0.241. The van der Waals surface area contributed by atoms with E-state index < -0.39 is 25.1 Å². The van der Waals surface area contributed by atoms with Crippen molar-refractivity contribution in [2.75, 3.05) is 10.2 Å². The Morgan fingerprint density at radius 2 is 1.68 bits per heavy atom. The molecule has 3 aliphatic rings. The molecule has 0 aromatic heterocycles. The Kier molecular flexibility index (Phi) is 6.26. The molecule has 2 aliphatic heterocycles. The largest absolute Gasteiger partial charge is 0.508 e. The van der Waals surface area contributed by atoms with Gasteiger partial charge < -0.3 is 20.1 Å². The van der Waals surface area contributed by atoms with Crippen molar-refractivity contribution in [1.82, 2.24) is 0 Å². The molecule has 1 aliphatic carbocycles. The lowest BCUT2D eigenvalue weighted by Gasteiger charge is -2.41. The number of fused-ring (bicyclic) bond motifs is 3. The van der Waals surface area contributed by atoms with Gasteiger partial charge in [0.15, 0.2) is 0 Å². The number of imide groups is 1. The lowest BCUT2D eigenvalue weighted by atomic mass is 9.55. The number of carbonyl (C=O) groups is 2. The Morgan fingerprint density at radius 1 is 0.974 bits per heavy atom. The van der Waals surface area contributed by atoms with Crippen molar-refractivity contribution in [3.63, 3.8) is 0 Å². The van der Waals surface area contributed by atoms with Gasteiger partial charge in [0.1, 0.15) is 5.75 Å². The van der Waals surface area contributed by atoms with Crippen LogP contribution in [0.5, 0.6) is 5.75 Å². The molecule has 2 fully saturated rings. The molecule has 0 bridgehead atoms. The van der Waals surface area contributed by atoms with Crippen molar-refractivity contribution >= 4 is 47.6 Å². The van der Waals surface area contributed by atoms with Crippen molar-refractivity contribution in [3.8, 4) is 5.75 Å². The number of amides is 2. The van der Waals surface area contributed by atoms with E-state index in [0.29, 0.717) is 34.6 Å². The molecule has 38 heavy (non-hydrogen) atoms. The number of rotatable bonds is 4. The first-order valence-electron chi connectivity index (χ1n) is 12.6. The summed E-state index contributed by atoms with van der Waals surface area (Å²) in [6.45, 7) is 1.89. The molecule has 192 valence electrons. The van der Waals surface area contributed by atoms with Crippen LogP contribution < -0.4 is 10.2 Å². The summed E-state index contributed by atoms with van der Waals surface area (Å²) in [4.78, 5) is 28.7. The predicted molar refractivity (Wildman–Crippen MR) is 146 cm³/mol. The highest BCUT2D eigenvalue weighted by molar-refractivity contribution is 6.53. The normalized spacial score (nSPS) is 24.9. The zero-order valence-electron chi connectivity index (χ0n) is 20.7. The van der Waals surface area contributed by atoms with Crippen LogP contribution in [0.4, 0.5) is 17.1 Å². The predicted octanol–water partition coefficient (Wildman–Crippen LogP) is 5.41. The molecule has 0 radical (unpaired) electrons. The molecule has 9 heteroatoms. The zero-order valence-corrected chi connectivity index (χ0v) is 21.4. The second-order valence-electron chi connectivity index (χ2n) is 10.1. The van der Waals surface area contributed by atoms with Gasteiger partial charge in [0.2, 0.25) is 11.8 Å². The van der Waals surface area contributed by atoms with Crippen LogP contribution in [0, 0.1) is 17.8 Å². The van der Waals surface area contributed by atoms with Crippen LogP contribution in [-0.4, -0.2) is 29.1 Å². The Hall–Kier alpha value is -3.59. The third-order valence-electron chi connectivity index (χ3n) is 7.87. The van der Waals surface area contributed by atoms with Crippen LogP contribution in [0.25, 0.3) is 0 Å². The van der Waals surface area contributed by atoms with Gasteiger partial charge in [-0.05, 0) is 85.3 Å². The molecule has 0 unspecified atom stereocenters. The molecule has 2 saturated heterocycles. The van der Waals surface area contributed by atoms with E-state index >= 15 is 0 Å². The van der Waals surface area contributed by atoms with E-state index in [9.17, 15) is 19.7 Å². The maximum absolute atomic E-state index is 13.8. The second kappa shape index (κ2) is 9.62. The number of nitrogens with zero attached hydrogens (tertiary/aromatic N) is 1. The van der Waals surface area contributed by atoms with Crippen LogP contribution in [-0.2, 0) is 14.2 Å². The number of phenols is 1. The molecule has 3 aromatic carbocycles. The maximum atomic E-state index is 13.8. The average Bonchev–Trinajstić information content (AvgIpc) is 3.14. The number of phenolic OH excluding ortho intramolecular Hbond substituents is 1. The Morgan fingerprint density at radius 3 is 2.39 bits per heavy atom. The number of allylic oxidation sites excluding steroid dienone is 2. The van der Waals surface area contributed by atoms with Gasteiger partial charge in [0.05, 0.1) is 23.6 Å². The first-order valence-corrected chi connectivity index (χ1v) is 13.0. The van der Waals surface area contributed by atoms with Gasteiger partial charge >= 0.3 is 7.12 Å². The number of para-hydroxylation sites is 1. The number of nitrogens with one attached hydrogen (secondary N) is 1. The molecule has 3 aromatic rings. The minimum absolute atomic E-state index is 0.0291. The zero-order chi connectivity index (χ0) is 26.6. The molecule has 0 saturated carbocycles. The highest BCUT2D eigenvalue weighted by Crippen LogP contribution is 2.52. The second-order valence-corrected chi connectivity index (χ2v) is 10.6. The van der Waals surface area contributed by atoms with E-state index in [0.717, 1.165) is 16.9 Å². The fourth-order valence-corrected chi connectivity index (χ4v) is 6.47. The smallest absolute Gasteiger partial charge is 0.487 e. The lowest BCUT2D eigenvalue weighted by molar-refractivity contribution is -0.123. The standard InChI is InChI=1S/C29H26BClN2O5/c1-16-13-23-26(22-15-25(38-30(37)27(16)22)21-12-11-20(34)14-24(21)31)29(36)33(28(23)35)19-9-7-18(8-10-19)32-17-5-3-2-4-6-17/h2-12,14,22-23,25-26,32,34,37H,13,15H2,1H3/t22-,23-,25-,26+/m0/s1. The summed E-state index contributed by atoms with van der Waals surface area (Å²) in [6, 6.07) is 21.6. The molecule has 6 rings (SSSR count). The summed E-state index contributed by atoms with van der Waals surface area (Å²) in [5, 5.41) is 24.3. The highest BCUT2D eigenvalue weighted by Gasteiger charge is 2.57. The van der Waals surface area contributed by atoms with E-state index in [2.05, 4.69) is 5.32 Å². The summed E-state index contributed by atoms with van der Waals surface area (Å²) in [5.74, 6) is -1.92. The first-order chi connectivity index (χ1) is 18.3. The quantitative estimate of drug-likeness (QED) is 0.309. The minimum atomic E-state index is -1.20. The van der Waals surface area contributed by atoms with E-state index in [-0.39, 0.29) is 23.5 Å². The number of benzene rings is 3. The Labute approximate surface area is 225 Å². The molecular formula is C29H26BClN2O5. The molecule has 4 atom stereocenters. The van der Waals surface area contributed by atoms with E-state index in [1.54, 1.807) is 18.2 Å². The molecule has 2 heterocycles. The molecule has 2 amide bonds. The monoisotopic (exact) mass is 528 g/mol. The van der Waals surface area contributed by atoms with Crippen LogP contribution in [0.15, 0.2) is 83.8 Å². The van der Waals surface area contributed by atoms with Gasteiger partial charge in [-0.25, -0.2) is 0 Å². The van der Waals surface area contributed by atoms with Gasteiger partial charge in [-0.3, -0.25) is 14.5 Å². The van der Waals surface area contributed by atoms with Crippen molar-refractivity contribution in [2.45, 2.75) is 25.9 Å². The first kappa shape index (κ1) is 24.7. The summed E-state index contributed by atoms with van der Waals surface area (Å²) in [7, 11) is -1.20. The van der Waals surface area contributed by atoms with Crippen LogP contribution in [0.1, 0.15) is 31.4 Å². The van der Waals surface area contributed by atoms with Gasteiger partial charge in [-0.15, -0.1) is 0 Å². The number of halogens is 1. The average molecular weight is 529 g/mol. The minimum Gasteiger partial charge on any atom is -0.508 e. The lowest BCUT2D eigenvalue weighted by Crippen LogP contribution is -2.44. The van der Waals surface area contributed by atoms with Crippen molar-refractivity contribution in [2.24, 2.45) is 17.8 Å². The number of carbonyl (C=O) groups excluding carboxylic acids is 2. The topological polar surface area (TPSA) is 99.1 Å². The molecular weight excluding hydrogens is 503 g/mol. The summed E-state index contributed by atoms with van der Waals surface area (Å²) >= 11 is 6.38. The summed E-state index contributed by atoms with van der Waals surface area (Å²) in [5.41, 5.74) is 4.50. The Bertz CT molecular complexity index is 1450. The summed E-state index contributed by atoms with van der Waals surface area (Å²) in [6.07, 6.45) is 0.206. The van der Waals surface area contributed by atoms with Crippen molar-refractivity contribution < 1.29 is 24.4 Å². The number of hydrogen-bond donors (Lipinski definition) is 3. The van der Waals surface area contributed by atoms with Gasteiger partial charge in [0, 0.05) is 16.4 Å². The van der Waals surface area contributed by atoms with Crippen LogP contribution in [0.3, 0.4) is 0 Å². The highest BCUT2D eigenvalue weighted by atomic mass is 35.5. The number of hydrogen-bond acceptors (Lipinski definition) is 6. The molecule has 0 spiro atoms. The van der Waals surface area contributed by atoms with Gasteiger partial charge in [-0.2, -0.15) is 0 Å². The third-order valence-corrected chi connectivity index (χ3v) is 8.20. The van der Waals surface area contributed by atoms with Crippen molar-refractivity contribution in [3.05, 3.63) is 94.4 Å². The third kappa shape index (κ3) is 4.19. The van der Waals surface area contributed by atoms with Gasteiger partial charge in [0.25, 0.3) is 0 Å². The SMILES string of the molecule is CC1=C2B(O)O[C@H](c3ccc(O)cc3Cl)C[C@H]2[C@H]2C(=O)N(c3ccc(Nc4ccccc4)cc3)C(=O)[C@H]2C1. The number of aromatic hydroxyl groups is 1. The van der Waals surface area contributed by atoms with E-state index in [1.165, 1.54) is 17.0 Å². The van der Waals surface area contributed by atoms with Gasteiger partial charge in [-0.1, -0.05) is 41.4 Å². The van der Waals surface area contributed by atoms with E-state index in [1.807, 2.05) is 49.4 Å². The molecule has 3 N–H and O–H groups in total. The summed E-state index contributed by atoms with van der Waals surface area (Å²) < 4.78 is 5.93. The fourth-order valence-electron chi connectivity index (χ4n) is 6.17. The molecule has 7 nitrogen and oxygen atoms in total. The van der Waals surface area contributed by atoms with E-state index in [4.69, 9.17) is 16.3 Å².